The molecule has 0 unspecified atom stereocenters. The minimum absolute atomic E-state index is 0.0145. The Hall–Kier alpha value is -5.29. The van der Waals surface area contributed by atoms with E-state index < -0.39 is 29.2 Å². The van der Waals surface area contributed by atoms with Crippen LogP contribution in [-0.2, 0) is 22.5 Å². The number of benzene rings is 4. The number of hydrazine groups is 1. The molecule has 230 valence electrons. The Balaban J connectivity index is 1.55. The first-order chi connectivity index (χ1) is 21.9. The molecular formula is C33H30F2N6O4. The second kappa shape index (κ2) is 14.5. The van der Waals surface area contributed by atoms with Crippen LogP contribution in [-0.4, -0.2) is 35.7 Å². The Kier molecular flexibility index (Phi) is 10.0. The number of aliphatic hydroxyl groups is 1. The molecule has 0 aromatic heterocycles. The first-order valence-corrected chi connectivity index (χ1v) is 14.2. The van der Waals surface area contributed by atoms with Crippen LogP contribution in [0.5, 0.6) is 5.75 Å². The van der Waals surface area contributed by atoms with Crippen molar-refractivity contribution >= 4 is 17.5 Å². The first kappa shape index (κ1) is 31.1. The summed E-state index contributed by atoms with van der Waals surface area (Å²) in [4.78, 5) is 22.1. The number of carbonyl (C=O) groups excluding carboxylic acids is 1. The number of halogens is 2. The van der Waals surface area contributed by atoms with E-state index in [0.29, 0.717) is 41.2 Å². The fourth-order valence-corrected chi connectivity index (χ4v) is 5.03. The molecular weight excluding hydrogens is 582 g/mol. The Morgan fingerprint density at radius 3 is 2.42 bits per heavy atom. The number of nitrogens with one attached hydrogen (secondary N) is 2. The standard InChI is InChI=1S/C33H30F2N6O4/c34-27-11-6-12-28(35)26(27)21-37-40-32(43)33(20-24-10-4-5-13-29(24)39-41-36)30(22-8-2-1-3-9-22)45-31(38-33)23-14-16-25(17-15-23)44-19-7-18-42/h1-6,8-17,30,37,42H,7,18-21H2,(H,40,43)/t30-,33-/m0/s1. The van der Waals surface area contributed by atoms with Gasteiger partial charge < -0.3 is 14.6 Å². The fourth-order valence-electron chi connectivity index (χ4n) is 5.03. The Morgan fingerprint density at radius 2 is 1.71 bits per heavy atom. The number of aliphatic imine (C=N–C) groups is 1. The van der Waals surface area contributed by atoms with Gasteiger partial charge in [-0.25, -0.2) is 19.2 Å². The van der Waals surface area contributed by atoms with Crippen molar-refractivity contribution in [1.82, 2.24) is 10.9 Å². The number of hydrogen-bond donors (Lipinski definition) is 3. The lowest BCUT2D eigenvalue weighted by Gasteiger charge is -2.31. The van der Waals surface area contributed by atoms with E-state index in [4.69, 9.17) is 19.6 Å². The van der Waals surface area contributed by atoms with E-state index in [2.05, 4.69) is 20.9 Å². The molecule has 0 radical (unpaired) electrons. The normalized spacial score (nSPS) is 17.1. The maximum absolute atomic E-state index is 14.3. The number of nitrogens with zero attached hydrogens (tertiary/aromatic N) is 4. The minimum Gasteiger partial charge on any atom is -0.494 e. The molecule has 0 saturated carbocycles. The van der Waals surface area contributed by atoms with Gasteiger partial charge in [0.05, 0.1) is 6.61 Å². The Bertz CT molecular complexity index is 1690. The van der Waals surface area contributed by atoms with Crippen LogP contribution >= 0.6 is 0 Å². The van der Waals surface area contributed by atoms with Gasteiger partial charge in [0.15, 0.2) is 11.6 Å². The molecule has 4 aromatic rings. The zero-order valence-corrected chi connectivity index (χ0v) is 24.1. The molecule has 0 fully saturated rings. The van der Waals surface area contributed by atoms with E-state index >= 15 is 0 Å². The van der Waals surface area contributed by atoms with E-state index in [9.17, 15) is 19.1 Å². The predicted molar refractivity (Wildman–Crippen MR) is 163 cm³/mol. The van der Waals surface area contributed by atoms with E-state index in [1.165, 1.54) is 6.07 Å². The third kappa shape index (κ3) is 7.10. The van der Waals surface area contributed by atoms with Crippen molar-refractivity contribution < 1.29 is 28.2 Å². The number of rotatable bonds is 13. The second-order valence-electron chi connectivity index (χ2n) is 10.2. The molecule has 1 aliphatic heterocycles. The summed E-state index contributed by atoms with van der Waals surface area (Å²) < 4.78 is 40.7. The average Bonchev–Trinajstić information content (AvgIpc) is 3.45. The molecule has 4 aromatic carbocycles. The van der Waals surface area contributed by atoms with Gasteiger partial charge in [-0.05, 0) is 53.1 Å². The maximum Gasteiger partial charge on any atom is 0.266 e. The first-order valence-electron chi connectivity index (χ1n) is 14.2. The topological polar surface area (TPSA) is 141 Å². The largest absolute Gasteiger partial charge is 0.494 e. The highest BCUT2D eigenvalue weighted by Gasteiger charge is 2.53. The third-order valence-electron chi connectivity index (χ3n) is 7.27. The number of carbonyl (C=O) groups is 1. The third-order valence-corrected chi connectivity index (χ3v) is 7.27. The summed E-state index contributed by atoms with van der Waals surface area (Å²) in [6, 6.07) is 26.4. The van der Waals surface area contributed by atoms with Crippen LogP contribution in [0.1, 0.15) is 34.8 Å². The minimum atomic E-state index is -1.66. The van der Waals surface area contributed by atoms with Crippen LogP contribution in [0, 0.1) is 11.6 Å². The highest BCUT2D eigenvalue weighted by Crippen LogP contribution is 2.43. The smallest absolute Gasteiger partial charge is 0.266 e. The van der Waals surface area contributed by atoms with Gasteiger partial charge in [-0.1, -0.05) is 65.8 Å². The van der Waals surface area contributed by atoms with Crippen molar-refractivity contribution in [3.8, 4) is 5.75 Å². The highest BCUT2D eigenvalue weighted by molar-refractivity contribution is 6.01. The van der Waals surface area contributed by atoms with Crippen LogP contribution < -0.4 is 15.6 Å². The van der Waals surface area contributed by atoms with E-state index in [1.807, 2.05) is 30.3 Å². The second-order valence-corrected chi connectivity index (χ2v) is 10.2. The molecule has 2 atom stereocenters. The summed E-state index contributed by atoms with van der Waals surface area (Å²) >= 11 is 0. The molecule has 1 heterocycles. The molecule has 0 spiro atoms. The molecule has 12 heteroatoms. The Labute approximate surface area is 257 Å². The monoisotopic (exact) mass is 612 g/mol. The highest BCUT2D eigenvalue weighted by atomic mass is 19.1. The summed E-state index contributed by atoms with van der Waals surface area (Å²) in [6.07, 6.45) is -0.502. The number of aliphatic hydroxyl groups excluding tert-OH is 1. The molecule has 1 amide bonds. The van der Waals surface area contributed by atoms with Crippen molar-refractivity contribution in [2.75, 3.05) is 13.2 Å². The number of ether oxygens (including phenoxy) is 2. The summed E-state index contributed by atoms with van der Waals surface area (Å²) in [5.74, 6) is -1.39. The lowest BCUT2D eigenvalue weighted by molar-refractivity contribution is -0.130. The van der Waals surface area contributed by atoms with Crippen molar-refractivity contribution in [3.05, 3.63) is 141 Å². The molecule has 45 heavy (non-hydrogen) atoms. The van der Waals surface area contributed by atoms with Gasteiger partial charge >= 0.3 is 0 Å². The van der Waals surface area contributed by atoms with Crippen LogP contribution in [0.4, 0.5) is 14.5 Å². The number of azide groups is 1. The van der Waals surface area contributed by atoms with Crippen molar-refractivity contribution in [3.63, 3.8) is 0 Å². The fraction of sp³-hybridized carbons (Fsp3) is 0.212. The molecule has 0 bridgehead atoms. The van der Waals surface area contributed by atoms with Gasteiger partial charge in [0, 0.05) is 47.7 Å². The SMILES string of the molecule is [N-]=[N+]=Nc1ccccc1C[C@]1(C(=O)NNCc2c(F)cccc2F)N=C(c2ccc(OCCCO)cc2)O[C@H]1c1ccccc1. The van der Waals surface area contributed by atoms with Gasteiger partial charge in [-0.2, -0.15) is 0 Å². The molecule has 3 N–H and O–H groups in total. The summed E-state index contributed by atoms with van der Waals surface area (Å²) in [5, 5.41) is 12.8. The lowest BCUT2D eigenvalue weighted by atomic mass is 9.81. The zero-order valence-electron chi connectivity index (χ0n) is 24.1. The number of hydrogen-bond acceptors (Lipinski definition) is 7. The van der Waals surface area contributed by atoms with Crippen LogP contribution in [0.15, 0.2) is 107 Å². The lowest BCUT2D eigenvalue weighted by Crippen LogP contribution is -2.53. The van der Waals surface area contributed by atoms with Gasteiger partial charge in [0.1, 0.15) is 17.4 Å². The molecule has 0 saturated heterocycles. The van der Waals surface area contributed by atoms with Crippen molar-refractivity contribution in [1.29, 1.82) is 0 Å². The van der Waals surface area contributed by atoms with Crippen LogP contribution in [0.3, 0.4) is 0 Å². The average molecular weight is 613 g/mol. The van der Waals surface area contributed by atoms with Crippen LogP contribution in [0.25, 0.3) is 10.4 Å². The van der Waals surface area contributed by atoms with Crippen molar-refractivity contribution in [2.24, 2.45) is 10.1 Å². The molecule has 1 aliphatic rings. The summed E-state index contributed by atoms with van der Waals surface area (Å²) in [6.45, 7) is 0.0302. The van der Waals surface area contributed by atoms with E-state index in [-0.39, 0.29) is 31.0 Å². The molecule has 5 rings (SSSR count). The molecule has 10 nitrogen and oxygen atoms in total. The maximum atomic E-state index is 14.3. The zero-order chi connectivity index (χ0) is 31.6. The van der Waals surface area contributed by atoms with E-state index in [1.54, 1.807) is 48.5 Å². The van der Waals surface area contributed by atoms with Gasteiger partial charge in [-0.15, -0.1) is 0 Å². The predicted octanol–water partition coefficient (Wildman–Crippen LogP) is 5.99. The van der Waals surface area contributed by atoms with Gasteiger partial charge in [0.25, 0.3) is 5.91 Å². The molecule has 0 aliphatic carbocycles. The number of amides is 1. The van der Waals surface area contributed by atoms with Crippen molar-refractivity contribution in [2.45, 2.75) is 31.0 Å². The summed E-state index contributed by atoms with van der Waals surface area (Å²) in [5.41, 5.74) is 14.6. The van der Waals surface area contributed by atoms with E-state index in [0.717, 1.165) is 12.1 Å². The summed E-state index contributed by atoms with van der Waals surface area (Å²) in [7, 11) is 0. The quantitative estimate of drug-likeness (QED) is 0.0559. The van der Waals surface area contributed by atoms with Gasteiger partial charge in [0.2, 0.25) is 5.90 Å². The van der Waals surface area contributed by atoms with Gasteiger partial charge in [-0.3, -0.25) is 10.2 Å². The van der Waals surface area contributed by atoms with Crippen LogP contribution in [0.2, 0.25) is 0 Å². The Morgan fingerprint density at radius 1 is 1.00 bits per heavy atom.